The number of hydrogen-bond acceptors (Lipinski definition) is 2. The van der Waals surface area contributed by atoms with E-state index in [0.717, 1.165) is 6.42 Å². The molecule has 0 aromatic rings. The van der Waals surface area contributed by atoms with Crippen molar-refractivity contribution < 1.29 is 4.79 Å². The van der Waals surface area contributed by atoms with Gasteiger partial charge in [-0.25, -0.2) is 0 Å². The van der Waals surface area contributed by atoms with Gasteiger partial charge in [0.05, 0.1) is 12.0 Å². The van der Waals surface area contributed by atoms with Crippen LogP contribution in [0.25, 0.3) is 0 Å². The second-order valence-corrected chi connectivity index (χ2v) is 4.52. The van der Waals surface area contributed by atoms with E-state index in [2.05, 4.69) is 22.0 Å². The van der Waals surface area contributed by atoms with E-state index in [-0.39, 0.29) is 11.8 Å². The quantitative estimate of drug-likeness (QED) is 0.573. The van der Waals surface area contributed by atoms with Gasteiger partial charge in [-0.1, -0.05) is 15.9 Å². The summed E-state index contributed by atoms with van der Waals surface area (Å²) in [5.41, 5.74) is 0. The fraction of sp³-hybridized carbons (Fsp3) is 0.750. The highest BCUT2D eigenvalue weighted by molar-refractivity contribution is 9.09. The molecule has 58 valence electrons. The minimum atomic E-state index is 0.00637. The van der Waals surface area contributed by atoms with Crippen molar-refractivity contribution in [3.8, 4) is 6.07 Å². The van der Waals surface area contributed by atoms with E-state index >= 15 is 0 Å². The first-order valence-corrected chi connectivity index (χ1v) is 4.72. The summed E-state index contributed by atoms with van der Waals surface area (Å²) >= 11 is 3.50. The topological polar surface area (TPSA) is 40.9 Å². The summed E-state index contributed by atoms with van der Waals surface area (Å²) in [5.74, 6) is 0.663. The predicted octanol–water partition coefficient (Wildman–Crippen LogP) is 1.50. The number of rotatable bonds is 0. The summed E-state index contributed by atoms with van der Waals surface area (Å²) < 4.78 is 0. The van der Waals surface area contributed by atoms with Crippen molar-refractivity contribution in [3.05, 3.63) is 0 Å². The van der Waals surface area contributed by atoms with E-state index in [1.165, 1.54) is 0 Å². The van der Waals surface area contributed by atoms with Gasteiger partial charge in [0, 0.05) is 17.2 Å². The third kappa shape index (κ3) is 0.856. The molecule has 2 aliphatic carbocycles. The van der Waals surface area contributed by atoms with Crippen molar-refractivity contribution >= 4 is 21.7 Å². The SMILES string of the molecule is N#CC1C2CC(Br)C1CC2=O. The van der Waals surface area contributed by atoms with Gasteiger partial charge in [0.1, 0.15) is 5.78 Å². The number of alkyl halides is 1. The van der Waals surface area contributed by atoms with E-state index in [9.17, 15) is 4.79 Å². The zero-order valence-electron chi connectivity index (χ0n) is 5.96. The van der Waals surface area contributed by atoms with Crippen LogP contribution in [-0.2, 0) is 4.79 Å². The van der Waals surface area contributed by atoms with Crippen LogP contribution in [0.5, 0.6) is 0 Å². The molecule has 0 amide bonds. The summed E-state index contributed by atoms with van der Waals surface area (Å²) in [7, 11) is 0. The zero-order chi connectivity index (χ0) is 8.01. The molecule has 0 aromatic carbocycles. The van der Waals surface area contributed by atoms with E-state index in [1.54, 1.807) is 0 Å². The Morgan fingerprint density at radius 3 is 2.73 bits per heavy atom. The van der Waals surface area contributed by atoms with E-state index in [1.807, 2.05) is 0 Å². The van der Waals surface area contributed by atoms with Gasteiger partial charge in [-0.3, -0.25) is 4.79 Å². The number of nitriles is 1. The Kier molecular flexibility index (Phi) is 1.53. The fourth-order valence-corrected chi connectivity index (χ4v) is 3.16. The molecular weight excluding hydrogens is 206 g/mol. The standard InChI is InChI=1S/C8H8BrNO/c9-7-1-5-6(3-10)4(7)2-8(5)11/h4-7H,1-2H2. The molecule has 4 unspecified atom stereocenters. The number of nitrogens with zero attached hydrogens (tertiary/aromatic N) is 1. The van der Waals surface area contributed by atoms with Crippen molar-refractivity contribution in [1.29, 1.82) is 5.26 Å². The summed E-state index contributed by atoms with van der Waals surface area (Å²) in [5, 5.41) is 8.76. The lowest BCUT2D eigenvalue weighted by Gasteiger charge is -2.12. The molecule has 11 heavy (non-hydrogen) atoms. The maximum absolute atomic E-state index is 11.2. The Balaban J connectivity index is 2.29. The Morgan fingerprint density at radius 2 is 2.36 bits per heavy atom. The second kappa shape index (κ2) is 2.31. The van der Waals surface area contributed by atoms with Gasteiger partial charge < -0.3 is 0 Å². The van der Waals surface area contributed by atoms with E-state index < -0.39 is 0 Å². The molecule has 0 saturated heterocycles. The summed E-state index contributed by atoms with van der Waals surface area (Å²) in [4.78, 5) is 11.6. The minimum absolute atomic E-state index is 0.00637. The number of hydrogen-bond donors (Lipinski definition) is 0. The fourth-order valence-electron chi connectivity index (χ4n) is 2.24. The smallest absolute Gasteiger partial charge is 0.137 e. The summed E-state index contributed by atoms with van der Waals surface area (Å²) in [6.07, 6.45) is 1.50. The van der Waals surface area contributed by atoms with E-state index in [0.29, 0.717) is 22.9 Å². The first-order chi connectivity index (χ1) is 5.24. The summed E-state index contributed by atoms with van der Waals surface area (Å²) in [6, 6.07) is 2.24. The largest absolute Gasteiger partial charge is 0.299 e. The molecule has 2 bridgehead atoms. The molecule has 4 atom stereocenters. The Hall–Kier alpha value is -0.360. The third-order valence-corrected chi connectivity index (χ3v) is 3.89. The number of halogens is 1. The van der Waals surface area contributed by atoms with Crippen LogP contribution in [-0.4, -0.2) is 10.6 Å². The molecule has 2 rings (SSSR count). The molecular formula is C8H8BrNO. The normalized spacial score (nSPS) is 47.8. The molecule has 0 N–H and O–H groups in total. The first-order valence-electron chi connectivity index (χ1n) is 3.80. The van der Waals surface area contributed by atoms with Crippen LogP contribution < -0.4 is 0 Å². The minimum Gasteiger partial charge on any atom is -0.299 e. The third-order valence-electron chi connectivity index (χ3n) is 2.84. The number of carbonyl (C=O) groups is 1. The van der Waals surface area contributed by atoms with Crippen LogP contribution in [0.1, 0.15) is 12.8 Å². The molecule has 3 heteroatoms. The molecule has 0 radical (unpaired) electrons. The Labute approximate surface area is 73.7 Å². The van der Waals surface area contributed by atoms with E-state index in [4.69, 9.17) is 5.26 Å². The highest BCUT2D eigenvalue weighted by Gasteiger charge is 2.52. The second-order valence-electron chi connectivity index (χ2n) is 3.35. The van der Waals surface area contributed by atoms with Crippen molar-refractivity contribution in [1.82, 2.24) is 0 Å². The number of carbonyl (C=O) groups excluding carboxylic acids is 1. The van der Waals surface area contributed by atoms with Gasteiger partial charge in [-0.05, 0) is 12.3 Å². The highest BCUT2D eigenvalue weighted by Crippen LogP contribution is 2.49. The van der Waals surface area contributed by atoms with Crippen LogP contribution >= 0.6 is 15.9 Å². The Morgan fingerprint density at radius 1 is 1.64 bits per heavy atom. The maximum Gasteiger partial charge on any atom is 0.137 e. The monoisotopic (exact) mass is 213 g/mol. The lowest BCUT2D eigenvalue weighted by molar-refractivity contribution is -0.121. The van der Waals surface area contributed by atoms with Crippen molar-refractivity contribution in [3.63, 3.8) is 0 Å². The van der Waals surface area contributed by atoms with Gasteiger partial charge >= 0.3 is 0 Å². The number of Topliss-reactive ketones (excluding diaryl/α,β-unsaturated/α-hetero) is 1. The number of ketones is 1. The van der Waals surface area contributed by atoms with Gasteiger partial charge in [0.15, 0.2) is 0 Å². The van der Waals surface area contributed by atoms with Crippen molar-refractivity contribution in [2.75, 3.05) is 0 Å². The molecule has 2 nitrogen and oxygen atoms in total. The molecule has 0 heterocycles. The van der Waals surface area contributed by atoms with Gasteiger partial charge in [-0.2, -0.15) is 5.26 Å². The zero-order valence-corrected chi connectivity index (χ0v) is 7.54. The van der Waals surface area contributed by atoms with Crippen LogP contribution in [0.4, 0.5) is 0 Å². The average Bonchev–Trinajstić information content (AvgIpc) is 2.42. The molecule has 0 aromatic heterocycles. The van der Waals surface area contributed by atoms with Gasteiger partial charge in [0.25, 0.3) is 0 Å². The van der Waals surface area contributed by atoms with Crippen LogP contribution in [0.3, 0.4) is 0 Å². The van der Waals surface area contributed by atoms with Crippen LogP contribution in [0.15, 0.2) is 0 Å². The molecule has 2 aliphatic rings. The predicted molar refractivity (Wildman–Crippen MR) is 43.0 cm³/mol. The lowest BCUT2D eigenvalue weighted by atomic mass is 9.99. The first kappa shape index (κ1) is 7.30. The van der Waals surface area contributed by atoms with Gasteiger partial charge in [0.2, 0.25) is 0 Å². The lowest BCUT2D eigenvalue weighted by Crippen LogP contribution is -2.16. The number of fused-ring (bicyclic) bond motifs is 2. The highest BCUT2D eigenvalue weighted by atomic mass is 79.9. The van der Waals surface area contributed by atoms with Crippen LogP contribution in [0, 0.1) is 29.1 Å². The van der Waals surface area contributed by atoms with Crippen molar-refractivity contribution in [2.45, 2.75) is 17.7 Å². The molecule has 0 aliphatic heterocycles. The molecule has 2 fully saturated rings. The van der Waals surface area contributed by atoms with Crippen LogP contribution in [0.2, 0.25) is 0 Å². The maximum atomic E-state index is 11.2. The molecule has 2 saturated carbocycles. The van der Waals surface area contributed by atoms with Gasteiger partial charge in [-0.15, -0.1) is 0 Å². The Bertz CT molecular complexity index is 245. The average molecular weight is 214 g/mol. The summed E-state index contributed by atoms with van der Waals surface area (Å²) in [6.45, 7) is 0. The van der Waals surface area contributed by atoms with Crippen molar-refractivity contribution in [2.24, 2.45) is 17.8 Å². The molecule has 0 spiro atoms.